The molecule has 2 aliphatic rings. The number of ether oxygens (including phenoxy) is 1. The van der Waals surface area contributed by atoms with Crippen LogP contribution in [0, 0.1) is 18.6 Å². The van der Waals surface area contributed by atoms with Gasteiger partial charge in [0.1, 0.15) is 29.1 Å². The Morgan fingerprint density at radius 1 is 1.07 bits per heavy atom. The van der Waals surface area contributed by atoms with Crippen LogP contribution in [-0.2, 0) is 12.8 Å². The Morgan fingerprint density at radius 2 is 1.86 bits per heavy atom. The van der Waals surface area contributed by atoms with Crippen LogP contribution < -0.4 is 10.4 Å². The summed E-state index contributed by atoms with van der Waals surface area (Å²) < 4.78 is 39.2. The number of carbonyl (C=O) groups excluding carboxylic acids is 1. The Kier molecular flexibility index (Phi) is 3.66. The van der Waals surface area contributed by atoms with E-state index in [9.17, 15) is 18.4 Å². The molecule has 142 valence electrons. The maximum Gasteiger partial charge on any atom is 0.339 e. The molecule has 0 amide bonds. The number of fused-ring (bicyclic) bond motifs is 5. The van der Waals surface area contributed by atoms with Crippen molar-refractivity contribution in [3.8, 4) is 5.75 Å². The molecule has 0 spiro atoms. The van der Waals surface area contributed by atoms with Crippen molar-refractivity contribution >= 4 is 16.8 Å². The molecule has 28 heavy (non-hydrogen) atoms. The third kappa shape index (κ3) is 2.40. The molecule has 6 heteroatoms. The van der Waals surface area contributed by atoms with E-state index in [1.165, 1.54) is 6.07 Å². The highest BCUT2D eigenvalue weighted by molar-refractivity contribution is 6.07. The summed E-state index contributed by atoms with van der Waals surface area (Å²) in [6.45, 7) is 1.76. The fourth-order valence-corrected chi connectivity index (χ4v) is 4.38. The van der Waals surface area contributed by atoms with Crippen LogP contribution in [0.25, 0.3) is 11.0 Å². The lowest BCUT2D eigenvalue weighted by atomic mass is 9.90. The SMILES string of the molecule is Cc1cc2oc(=O)c3c(c2c2c1C(=O)C[C@H](c1ccc(F)cc1F)O2)CCC3. The van der Waals surface area contributed by atoms with Gasteiger partial charge in [0, 0.05) is 17.2 Å². The van der Waals surface area contributed by atoms with Gasteiger partial charge in [-0.3, -0.25) is 4.79 Å². The average Bonchev–Trinajstić information content (AvgIpc) is 3.11. The normalized spacial score (nSPS) is 18.1. The van der Waals surface area contributed by atoms with Crippen molar-refractivity contribution in [2.45, 2.75) is 38.7 Å². The highest BCUT2D eigenvalue weighted by Crippen LogP contribution is 2.44. The number of ketones is 1. The lowest BCUT2D eigenvalue weighted by Crippen LogP contribution is -2.23. The van der Waals surface area contributed by atoms with Gasteiger partial charge in [0.15, 0.2) is 5.78 Å². The topological polar surface area (TPSA) is 56.5 Å². The van der Waals surface area contributed by atoms with Crippen molar-refractivity contribution < 1.29 is 22.7 Å². The summed E-state index contributed by atoms with van der Waals surface area (Å²) in [5.41, 5.74) is 2.68. The van der Waals surface area contributed by atoms with E-state index in [1.54, 1.807) is 13.0 Å². The third-order valence-electron chi connectivity index (χ3n) is 5.63. The molecule has 2 heterocycles. The Morgan fingerprint density at radius 3 is 2.64 bits per heavy atom. The van der Waals surface area contributed by atoms with E-state index in [0.717, 1.165) is 24.1 Å². The standard InChI is InChI=1S/C22H16F2O4/c1-10-7-18-20(12-3-2-4-13(12)22(26)28-18)21-19(10)16(25)9-17(27-21)14-6-5-11(23)8-15(14)24/h5-8,17H,2-4,9H2,1H3/t17-/m1/s1. The first-order chi connectivity index (χ1) is 13.4. The van der Waals surface area contributed by atoms with E-state index >= 15 is 0 Å². The molecule has 1 aromatic heterocycles. The third-order valence-corrected chi connectivity index (χ3v) is 5.63. The first-order valence-electron chi connectivity index (χ1n) is 9.21. The largest absolute Gasteiger partial charge is 0.484 e. The van der Waals surface area contributed by atoms with Gasteiger partial charge in [0.25, 0.3) is 0 Å². The van der Waals surface area contributed by atoms with Crippen molar-refractivity contribution in [1.82, 2.24) is 0 Å². The van der Waals surface area contributed by atoms with E-state index in [2.05, 4.69) is 0 Å². The van der Waals surface area contributed by atoms with Gasteiger partial charge in [-0.2, -0.15) is 0 Å². The smallest absolute Gasteiger partial charge is 0.339 e. The van der Waals surface area contributed by atoms with Crippen LogP contribution in [-0.4, -0.2) is 5.78 Å². The van der Waals surface area contributed by atoms with Crippen LogP contribution in [0.5, 0.6) is 5.75 Å². The zero-order valence-electron chi connectivity index (χ0n) is 15.1. The van der Waals surface area contributed by atoms with Crippen molar-refractivity contribution in [1.29, 1.82) is 0 Å². The van der Waals surface area contributed by atoms with E-state index in [1.807, 2.05) is 0 Å². The molecular formula is C22H16F2O4. The molecule has 5 rings (SSSR count). The summed E-state index contributed by atoms with van der Waals surface area (Å²) in [5, 5.41) is 0.619. The summed E-state index contributed by atoms with van der Waals surface area (Å²) in [6.07, 6.45) is 1.24. The van der Waals surface area contributed by atoms with Gasteiger partial charge in [-0.05, 0) is 55.5 Å². The molecule has 0 unspecified atom stereocenters. The lowest BCUT2D eigenvalue weighted by molar-refractivity contribution is 0.0848. The monoisotopic (exact) mass is 382 g/mol. The average molecular weight is 382 g/mol. The Bertz CT molecular complexity index is 1230. The molecule has 0 saturated carbocycles. The minimum Gasteiger partial charge on any atom is -0.484 e. The number of carbonyl (C=O) groups is 1. The number of halogens is 2. The molecule has 1 aliphatic carbocycles. The van der Waals surface area contributed by atoms with Gasteiger partial charge >= 0.3 is 5.63 Å². The maximum atomic E-state index is 14.3. The van der Waals surface area contributed by atoms with Gasteiger partial charge in [-0.1, -0.05) is 0 Å². The van der Waals surface area contributed by atoms with E-state index < -0.39 is 17.7 Å². The Balaban J connectivity index is 1.76. The molecule has 3 aromatic rings. The van der Waals surface area contributed by atoms with Crippen LogP contribution in [0.2, 0.25) is 0 Å². The van der Waals surface area contributed by atoms with Gasteiger partial charge in [-0.25, -0.2) is 13.6 Å². The second kappa shape index (κ2) is 5.99. The summed E-state index contributed by atoms with van der Waals surface area (Å²) in [5.74, 6) is -1.28. The first kappa shape index (κ1) is 17.1. The number of rotatable bonds is 1. The maximum absolute atomic E-state index is 14.3. The van der Waals surface area contributed by atoms with Crippen molar-refractivity contribution in [2.75, 3.05) is 0 Å². The predicted molar refractivity (Wildman–Crippen MR) is 97.9 cm³/mol. The summed E-state index contributed by atoms with van der Waals surface area (Å²) in [4.78, 5) is 25.2. The van der Waals surface area contributed by atoms with Crippen molar-refractivity contribution in [3.05, 3.63) is 74.1 Å². The Labute approximate surface area is 158 Å². The van der Waals surface area contributed by atoms with Gasteiger partial charge < -0.3 is 9.15 Å². The summed E-state index contributed by atoms with van der Waals surface area (Å²) >= 11 is 0. The van der Waals surface area contributed by atoms with Crippen molar-refractivity contribution in [2.24, 2.45) is 0 Å². The predicted octanol–water partition coefficient (Wildman–Crippen LogP) is 4.57. The molecule has 0 radical (unpaired) electrons. The van der Waals surface area contributed by atoms with Crippen LogP contribution in [0.4, 0.5) is 8.78 Å². The van der Waals surface area contributed by atoms with Gasteiger partial charge in [0.05, 0.1) is 17.4 Å². The van der Waals surface area contributed by atoms with Crippen LogP contribution in [0.1, 0.15) is 51.6 Å². The molecule has 1 atom stereocenters. The molecule has 0 fully saturated rings. The highest BCUT2D eigenvalue weighted by Gasteiger charge is 2.34. The number of benzene rings is 2. The molecule has 4 nitrogen and oxygen atoms in total. The van der Waals surface area contributed by atoms with Gasteiger partial charge in [-0.15, -0.1) is 0 Å². The molecule has 0 saturated heterocycles. The van der Waals surface area contributed by atoms with E-state index in [0.29, 0.717) is 46.3 Å². The van der Waals surface area contributed by atoms with Crippen LogP contribution in [0.15, 0.2) is 33.5 Å². The zero-order chi connectivity index (χ0) is 19.6. The fourth-order valence-electron chi connectivity index (χ4n) is 4.38. The number of Topliss-reactive ketones (excluding diaryl/α,β-unsaturated/α-hetero) is 1. The molecule has 0 N–H and O–H groups in total. The second-order valence-electron chi connectivity index (χ2n) is 7.37. The summed E-state index contributed by atoms with van der Waals surface area (Å²) in [6, 6.07) is 4.92. The lowest BCUT2D eigenvalue weighted by Gasteiger charge is -2.28. The minimum absolute atomic E-state index is 0.0408. The minimum atomic E-state index is -0.866. The van der Waals surface area contributed by atoms with Crippen LogP contribution >= 0.6 is 0 Å². The number of aryl methyl sites for hydroxylation is 2. The quantitative estimate of drug-likeness (QED) is 0.579. The highest BCUT2D eigenvalue weighted by atomic mass is 19.1. The molecular weight excluding hydrogens is 366 g/mol. The van der Waals surface area contributed by atoms with Crippen molar-refractivity contribution in [3.63, 3.8) is 0 Å². The number of hydrogen-bond acceptors (Lipinski definition) is 4. The van der Waals surface area contributed by atoms with Gasteiger partial charge in [0.2, 0.25) is 0 Å². The first-order valence-corrected chi connectivity index (χ1v) is 9.21. The fraction of sp³-hybridized carbons (Fsp3) is 0.273. The molecule has 0 bridgehead atoms. The second-order valence-corrected chi connectivity index (χ2v) is 7.37. The summed E-state index contributed by atoms with van der Waals surface area (Å²) in [7, 11) is 0. The van der Waals surface area contributed by atoms with Crippen LogP contribution in [0.3, 0.4) is 0 Å². The Hall–Kier alpha value is -3.02. The van der Waals surface area contributed by atoms with E-state index in [-0.39, 0.29) is 23.4 Å². The molecule has 1 aliphatic heterocycles. The molecule has 2 aromatic carbocycles. The number of hydrogen-bond donors (Lipinski definition) is 0. The van der Waals surface area contributed by atoms with E-state index in [4.69, 9.17) is 9.15 Å². The zero-order valence-corrected chi connectivity index (χ0v) is 15.1.